The predicted octanol–water partition coefficient (Wildman–Crippen LogP) is 7.54. The highest BCUT2D eigenvalue weighted by Gasteiger charge is 2.32. The maximum Gasteiger partial charge on any atom is 0.256 e. The molecule has 1 aromatic heterocycles. The predicted molar refractivity (Wildman–Crippen MR) is 158 cm³/mol. The van der Waals surface area contributed by atoms with E-state index in [-0.39, 0.29) is 11.9 Å². The summed E-state index contributed by atoms with van der Waals surface area (Å²) in [6.45, 7) is 2.47. The summed E-state index contributed by atoms with van der Waals surface area (Å²) < 4.78 is 14.1. The molecule has 39 heavy (non-hydrogen) atoms. The molecule has 6 rings (SSSR count). The van der Waals surface area contributed by atoms with E-state index in [9.17, 15) is 4.79 Å². The van der Waals surface area contributed by atoms with E-state index in [4.69, 9.17) is 9.47 Å². The van der Waals surface area contributed by atoms with Crippen molar-refractivity contribution in [1.82, 2.24) is 9.47 Å². The third kappa shape index (κ3) is 5.12. The first-order valence-electron chi connectivity index (χ1n) is 14.4. The maximum absolute atomic E-state index is 13.0. The Balaban J connectivity index is 0.962. The number of para-hydroxylation sites is 2. The summed E-state index contributed by atoms with van der Waals surface area (Å²) in [6.07, 6.45) is 10.9. The Hall–Kier alpha value is -3.80. The Morgan fingerprint density at radius 1 is 0.872 bits per heavy atom. The number of unbranched alkanes of at least 4 members (excludes halogenated alkanes) is 5. The standard InChI is InChI=1S/C33H37N3O3/c1-38-31-21-27-28(34-23-24-13-12-19-35(24)33(27)37)22-32(31)39-20-11-5-3-2-4-10-18-36-29-16-8-6-14-25(29)26-15-7-9-17-30(26)36/h6-9,14-17,21-24H,2-5,10-13,18-20H2,1H3/t24-/m0/s1. The SMILES string of the molecule is COc1cc2c(cc1OCCCCCCCCn1c3ccccc3c3ccccc31)N=C[C@@H]1CCCN1C2=O. The van der Waals surface area contributed by atoms with Gasteiger partial charge in [-0.3, -0.25) is 9.79 Å². The topological polar surface area (TPSA) is 56.1 Å². The van der Waals surface area contributed by atoms with Crippen molar-refractivity contribution in [2.24, 2.45) is 4.99 Å². The van der Waals surface area contributed by atoms with E-state index in [1.165, 1.54) is 47.5 Å². The van der Waals surface area contributed by atoms with Crippen LogP contribution < -0.4 is 9.47 Å². The summed E-state index contributed by atoms with van der Waals surface area (Å²) >= 11 is 0. The summed E-state index contributed by atoms with van der Waals surface area (Å²) in [5.74, 6) is 1.29. The van der Waals surface area contributed by atoms with Crippen LogP contribution in [0.5, 0.6) is 11.5 Å². The zero-order valence-corrected chi connectivity index (χ0v) is 22.8. The van der Waals surface area contributed by atoms with Crippen LogP contribution in [0, 0.1) is 0 Å². The molecule has 0 aliphatic carbocycles. The molecule has 1 fully saturated rings. The highest BCUT2D eigenvalue weighted by molar-refractivity contribution is 6.08. The van der Waals surface area contributed by atoms with Crippen molar-refractivity contribution in [3.63, 3.8) is 0 Å². The van der Waals surface area contributed by atoms with Crippen molar-refractivity contribution in [1.29, 1.82) is 0 Å². The molecule has 2 aliphatic heterocycles. The number of aromatic nitrogens is 1. The summed E-state index contributed by atoms with van der Waals surface area (Å²) in [5.41, 5.74) is 3.94. The Bertz CT molecular complexity index is 1450. The minimum Gasteiger partial charge on any atom is -0.493 e. The highest BCUT2D eigenvalue weighted by Crippen LogP contribution is 2.38. The van der Waals surface area contributed by atoms with Gasteiger partial charge in [0.2, 0.25) is 0 Å². The number of hydrogen-bond acceptors (Lipinski definition) is 4. The molecule has 3 heterocycles. The van der Waals surface area contributed by atoms with Gasteiger partial charge in [-0.05, 0) is 43.9 Å². The van der Waals surface area contributed by atoms with Gasteiger partial charge in [0.05, 0.1) is 31.0 Å². The molecule has 0 N–H and O–H groups in total. The monoisotopic (exact) mass is 523 g/mol. The van der Waals surface area contributed by atoms with Gasteiger partial charge in [0, 0.05) is 47.2 Å². The van der Waals surface area contributed by atoms with Crippen LogP contribution >= 0.6 is 0 Å². The molecule has 6 nitrogen and oxygen atoms in total. The number of carbonyl (C=O) groups is 1. The van der Waals surface area contributed by atoms with Crippen LogP contribution in [0.3, 0.4) is 0 Å². The molecule has 4 aromatic rings. The van der Waals surface area contributed by atoms with Gasteiger partial charge in [0.15, 0.2) is 11.5 Å². The smallest absolute Gasteiger partial charge is 0.256 e. The third-order valence-electron chi connectivity index (χ3n) is 8.17. The van der Waals surface area contributed by atoms with Crippen molar-refractivity contribution in [2.75, 3.05) is 20.3 Å². The van der Waals surface area contributed by atoms with Gasteiger partial charge in [0.25, 0.3) is 5.91 Å². The van der Waals surface area contributed by atoms with Gasteiger partial charge in [-0.15, -0.1) is 0 Å². The van der Waals surface area contributed by atoms with Crippen molar-refractivity contribution < 1.29 is 14.3 Å². The van der Waals surface area contributed by atoms with Crippen LogP contribution in [-0.4, -0.2) is 47.9 Å². The van der Waals surface area contributed by atoms with Crippen molar-refractivity contribution in [3.05, 3.63) is 66.2 Å². The van der Waals surface area contributed by atoms with Gasteiger partial charge in [-0.1, -0.05) is 62.1 Å². The molecular weight excluding hydrogens is 486 g/mol. The number of fused-ring (bicyclic) bond motifs is 5. The van der Waals surface area contributed by atoms with Gasteiger partial charge < -0.3 is 18.9 Å². The number of nitrogens with zero attached hydrogens (tertiary/aromatic N) is 3. The highest BCUT2D eigenvalue weighted by atomic mass is 16.5. The molecular formula is C33H37N3O3. The van der Waals surface area contributed by atoms with Gasteiger partial charge >= 0.3 is 0 Å². The Morgan fingerprint density at radius 3 is 2.31 bits per heavy atom. The van der Waals surface area contributed by atoms with Crippen molar-refractivity contribution in [3.8, 4) is 11.5 Å². The number of rotatable bonds is 11. The number of hydrogen-bond donors (Lipinski definition) is 0. The van der Waals surface area contributed by atoms with E-state index in [0.29, 0.717) is 29.4 Å². The van der Waals surface area contributed by atoms with E-state index in [1.54, 1.807) is 13.2 Å². The molecule has 0 unspecified atom stereocenters. The maximum atomic E-state index is 13.0. The number of aryl methyl sites for hydroxylation is 1. The summed E-state index contributed by atoms with van der Waals surface area (Å²) in [4.78, 5) is 19.6. The Morgan fingerprint density at radius 2 is 1.56 bits per heavy atom. The molecule has 0 radical (unpaired) electrons. The second kappa shape index (κ2) is 11.5. The quantitative estimate of drug-likeness (QED) is 0.191. The number of carbonyl (C=O) groups excluding carboxylic acids is 1. The summed E-state index contributed by atoms with van der Waals surface area (Å²) in [7, 11) is 1.62. The third-order valence-corrected chi connectivity index (χ3v) is 8.17. The average molecular weight is 524 g/mol. The number of amides is 1. The molecule has 1 amide bonds. The minimum absolute atomic E-state index is 0.0352. The normalized spacial score (nSPS) is 16.5. The van der Waals surface area contributed by atoms with Gasteiger partial charge in [-0.2, -0.15) is 0 Å². The first-order valence-corrected chi connectivity index (χ1v) is 14.4. The lowest BCUT2D eigenvalue weighted by molar-refractivity contribution is 0.0774. The number of methoxy groups -OCH3 is 1. The largest absolute Gasteiger partial charge is 0.493 e. The summed E-state index contributed by atoms with van der Waals surface area (Å²) in [6, 6.07) is 21.2. The second-order valence-electron chi connectivity index (χ2n) is 10.7. The molecule has 1 atom stereocenters. The lowest BCUT2D eigenvalue weighted by atomic mass is 10.1. The summed E-state index contributed by atoms with van der Waals surface area (Å²) in [5, 5.41) is 2.69. The Kier molecular flexibility index (Phi) is 7.53. The molecule has 0 saturated carbocycles. The number of benzene rings is 3. The fraction of sp³-hybridized carbons (Fsp3) is 0.394. The number of ether oxygens (including phenoxy) is 2. The molecule has 6 heteroatoms. The van der Waals surface area contributed by atoms with Crippen LogP contribution in [0.15, 0.2) is 65.7 Å². The van der Waals surface area contributed by atoms with Crippen LogP contribution in [0.1, 0.15) is 61.7 Å². The minimum atomic E-state index is 0.0352. The van der Waals surface area contributed by atoms with Crippen molar-refractivity contribution in [2.45, 2.75) is 64.0 Å². The number of aliphatic imine (C=N–C) groups is 1. The van der Waals surface area contributed by atoms with Gasteiger partial charge in [0.1, 0.15) is 0 Å². The fourth-order valence-corrected chi connectivity index (χ4v) is 6.13. The van der Waals surface area contributed by atoms with Crippen molar-refractivity contribution >= 4 is 39.6 Å². The molecule has 0 bridgehead atoms. The van der Waals surface area contributed by atoms with Crippen LogP contribution in [-0.2, 0) is 6.54 Å². The first-order chi connectivity index (χ1) is 19.2. The van der Waals surface area contributed by atoms with Crippen LogP contribution in [0.25, 0.3) is 21.8 Å². The average Bonchev–Trinajstić information content (AvgIpc) is 3.54. The lowest BCUT2D eigenvalue weighted by Crippen LogP contribution is -2.35. The molecule has 3 aromatic carbocycles. The zero-order chi connectivity index (χ0) is 26.6. The Labute approximate surface area is 230 Å². The van der Waals surface area contributed by atoms with E-state index in [2.05, 4.69) is 58.1 Å². The molecule has 2 aliphatic rings. The van der Waals surface area contributed by atoms with Gasteiger partial charge in [-0.25, -0.2) is 0 Å². The van der Waals surface area contributed by atoms with E-state index in [1.807, 2.05) is 17.2 Å². The molecule has 1 saturated heterocycles. The first kappa shape index (κ1) is 25.5. The lowest BCUT2D eigenvalue weighted by Gasteiger charge is -2.20. The van der Waals surface area contributed by atoms with Crippen LogP contribution in [0.4, 0.5) is 5.69 Å². The zero-order valence-electron chi connectivity index (χ0n) is 22.8. The molecule has 202 valence electrons. The van der Waals surface area contributed by atoms with Crippen LogP contribution in [0.2, 0.25) is 0 Å². The molecule has 0 spiro atoms. The van der Waals surface area contributed by atoms with E-state index in [0.717, 1.165) is 38.8 Å². The second-order valence-corrected chi connectivity index (χ2v) is 10.7. The van der Waals surface area contributed by atoms with E-state index < -0.39 is 0 Å². The fourth-order valence-electron chi connectivity index (χ4n) is 6.13. The van der Waals surface area contributed by atoms with E-state index >= 15 is 0 Å².